The summed E-state index contributed by atoms with van der Waals surface area (Å²) in [7, 11) is -3.75. The zero-order valence-corrected chi connectivity index (χ0v) is 21.8. The quantitative estimate of drug-likeness (QED) is 0.496. The third-order valence-corrected chi connectivity index (χ3v) is 8.60. The Bertz CT molecular complexity index is 1170. The van der Waals surface area contributed by atoms with Crippen molar-refractivity contribution in [1.82, 2.24) is 9.62 Å². The van der Waals surface area contributed by atoms with E-state index in [1.807, 2.05) is 57.2 Å². The van der Waals surface area contributed by atoms with E-state index in [2.05, 4.69) is 4.72 Å². The van der Waals surface area contributed by atoms with Crippen LogP contribution in [0.3, 0.4) is 0 Å². The van der Waals surface area contributed by atoms with Crippen LogP contribution in [0.1, 0.15) is 56.4 Å². The minimum atomic E-state index is -3.75. The highest BCUT2D eigenvalue weighted by atomic mass is 32.2. The Hall–Kier alpha value is -2.69. The minimum Gasteiger partial charge on any atom is -0.481 e. The monoisotopic (exact) mass is 520 g/mol. The topological polar surface area (TPSA) is 113 Å². The molecule has 0 fully saturated rings. The van der Waals surface area contributed by atoms with E-state index in [1.54, 1.807) is 17.0 Å². The number of carbonyl (C=O) groups is 2. The number of amides is 1. The molecule has 1 aliphatic heterocycles. The molecule has 0 aliphatic carbocycles. The Morgan fingerprint density at radius 3 is 2.49 bits per heavy atom. The van der Waals surface area contributed by atoms with E-state index in [-0.39, 0.29) is 29.2 Å². The molecule has 190 valence electrons. The van der Waals surface area contributed by atoms with Gasteiger partial charge in [-0.05, 0) is 62.8 Å². The fourth-order valence-electron chi connectivity index (χ4n) is 3.71. The number of hydrogen-bond donors (Lipinski definition) is 2. The lowest BCUT2D eigenvalue weighted by Crippen LogP contribution is -2.39. The first-order chi connectivity index (χ1) is 16.4. The molecule has 2 N–H and O–H groups in total. The van der Waals surface area contributed by atoms with E-state index >= 15 is 0 Å². The number of sulfonamides is 1. The molecule has 35 heavy (non-hydrogen) atoms. The van der Waals surface area contributed by atoms with Crippen molar-refractivity contribution in [2.24, 2.45) is 0 Å². The van der Waals surface area contributed by atoms with Crippen LogP contribution >= 0.6 is 11.3 Å². The fourth-order valence-corrected chi connectivity index (χ4v) is 6.21. The van der Waals surface area contributed by atoms with Gasteiger partial charge >= 0.3 is 12.1 Å². The van der Waals surface area contributed by atoms with Crippen LogP contribution in [-0.2, 0) is 19.6 Å². The molecule has 8 nitrogen and oxygen atoms in total. The lowest BCUT2D eigenvalue weighted by Gasteiger charge is -2.29. The zero-order valence-electron chi connectivity index (χ0n) is 20.2. The van der Waals surface area contributed by atoms with E-state index in [4.69, 9.17) is 9.84 Å². The van der Waals surface area contributed by atoms with Crippen LogP contribution in [0.4, 0.5) is 4.79 Å². The van der Waals surface area contributed by atoms with Crippen LogP contribution in [0.15, 0.2) is 52.7 Å². The van der Waals surface area contributed by atoms with Crippen LogP contribution < -0.4 is 4.72 Å². The van der Waals surface area contributed by atoms with Crippen molar-refractivity contribution in [1.29, 1.82) is 0 Å². The second-order valence-corrected chi connectivity index (χ2v) is 12.5. The van der Waals surface area contributed by atoms with Crippen LogP contribution in [0.25, 0.3) is 5.57 Å². The van der Waals surface area contributed by atoms with Gasteiger partial charge in [-0.25, -0.2) is 17.9 Å². The van der Waals surface area contributed by atoms with Gasteiger partial charge in [-0.1, -0.05) is 36.4 Å². The molecule has 0 bridgehead atoms. The van der Waals surface area contributed by atoms with Gasteiger partial charge in [0.15, 0.2) is 0 Å². The van der Waals surface area contributed by atoms with Crippen molar-refractivity contribution >= 4 is 39.0 Å². The standard InChI is InChI=1S/C25H32N2O6S2/c1-25(2,3)33-24(30)27-15-13-19(14-16-27)21-10-12-23(34-21)35(31,32)26-17-20(9-11-22(28)29)18-7-5-4-6-8-18/h4-8,10,12-13,20,26H,9,11,14-17H2,1-3H3,(H,28,29)/t20-/m0/s1. The van der Waals surface area contributed by atoms with Crippen molar-refractivity contribution in [3.8, 4) is 0 Å². The fraction of sp³-hybridized carbons (Fsp3) is 0.440. The van der Waals surface area contributed by atoms with Crippen molar-refractivity contribution in [3.63, 3.8) is 0 Å². The van der Waals surface area contributed by atoms with Crippen LogP contribution in [0, 0.1) is 0 Å². The van der Waals surface area contributed by atoms with Crippen LogP contribution in [0.2, 0.25) is 0 Å². The summed E-state index contributed by atoms with van der Waals surface area (Å²) in [6, 6.07) is 12.7. The molecule has 1 aromatic carbocycles. The third kappa shape index (κ3) is 7.91. The lowest BCUT2D eigenvalue weighted by atomic mass is 9.94. The summed E-state index contributed by atoms with van der Waals surface area (Å²) in [5.74, 6) is -1.16. The summed E-state index contributed by atoms with van der Waals surface area (Å²) in [5, 5.41) is 9.07. The van der Waals surface area contributed by atoms with Crippen LogP contribution in [0.5, 0.6) is 0 Å². The van der Waals surface area contributed by atoms with Crippen molar-refractivity contribution < 1.29 is 27.9 Å². The van der Waals surface area contributed by atoms with E-state index in [0.717, 1.165) is 16.0 Å². The summed E-state index contributed by atoms with van der Waals surface area (Å²) >= 11 is 1.18. The SMILES string of the molecule is CC(C)(C)OC(=O)N1CC=C(c2ccc(S(=O)(=O)NC[C@H](CCC(=O)O)c3ccccc3)s2)CC1. The smallest absolute Gasteiger partial charge is 0.410 e. The molecule has 0 unspecified atom stereocenters. The predicted octanol–water partition coefficient (Wildman–Crippen LogP) is 4.70. The summed E-state index contributed by atoms with van der Waals surface area (Å²) in [6.45, 7) is 6.50. The molecular formula is C25H32N2O6S2. The number of carbonyl (C=O) groups excluding carboxylic acids is 1. The number of ether oxygens (including phenoxy) is 1. The maximum atomic E-state index is 13.0. The Kier molecular flexibility index (Phi) is 8.74. The number of rotatable bonds is 9. The zero-order chi connectivity index (χ0) is 25.6. The number of aliphatic carboxylic acids is 1. The first-order valence-corrected chi connectivity index (χ1v) is 13.8. The largest absolute Gasteiger partial charge is 0.481 e. The Morgan fingerprint density at radius 1 is 1.17 bits per heavy atom. The highest BCUT2D eigenvalue weighted by Crippen LogP contribution is 2.32. The third-order valence-electron chi connectivity index (χ3n) is 5.52. The average molecular weight is 521 g/mol. The number of thiophene rings is 1. The highest BCUT2D eigenvalue weighted by Gasteiger charge is 2.25. The van der Waals surface area contributed by atoms with Gasteiger partial charge in [0.2, 0.25) is 10.0 Å². The van der Waals surface area contributed by atoms with Gasteiger partial charge in [0.05, 0.1) is 0 Å². The summed E-state index contributed by atoms with van der Waals surface area (Å²) in [5.41, 5.74) is 1.34. The summed E-state index contributed by atoms with van der Waals surface area (Å²) in [4.78, 5) is 25.8. The van der Waals surface area contributed by atoms with Gasteiger partial charge in [-0.3, -0.25) is 4.79 Å². The first kappa shape index (κ1) is 26.9. The number of nitrogens with one attached hydrogen (secondary N) is 1. The molecule has 1 atom stereocenters. The van der Waals surface area contributed by atoms with Crippen LogP contribution in [-0.4, -0.2) is 55.7 Å². The van der Waals surface area contributed by atoms with E-state index in [9.17, 15) is 18.0 Å². The minimum absolute atomic E-state index is 0.0428. The molecule has 0 spiro atoms. The van der Waals surface area contributed by atoms with Crippen molar-refractivity contribution in [2.75, 3.05) is 19.6 Å². The number of benzene rings is 1. The Labute approximate surface area is 210 Å². The van der Waals surface area contributed by atoms with E-state index < -0.39 is 21.6 Å². The summed E-state index contributed by atoms with van der Waals surface area (Å²) in [6.07, 6.45) is 2.47. The van der Waals surface area contributed by atoms with Crippen molar-refractivity contribution in [3.05, 3.63) is 59.0 Å². The molecule has 3 rings (SSSR count). The van der Waals surface area contributed by atoms with Gasteiger partial charge in [0.25, 0.3) is 0 Å². The van der Waals surface area contributed by atoms with Gasteiger partial charge < -0.3 is 14.7 Å². The molecule has 10 heteroatoms. The number of carboxylic acids is 1. The molecule has 0 saturated carbocycles. The normalized spacial score (nSPS) is 15.4. The van der Waals surface area contributed by atoms with Gasteiger partial charge in [-0.2, -0.15) is 0 Å². The van der Waals surface area contributed by atoms with Gasteiger partial charge in [-0.15, -0.1) is 11.3 Å². The first-order valence-electron chi connectivity index (χ1n) is 11.5. The molecule has 0 saturated heterocycles. The molecule has 1 amide bonds. The Morgan fingerprint density at radius 2 is 1.89 bits per heavy atom. The van der Waals surface area contributed by atoms with E-state index in [0.29, 0.717) is 25.9 Å². The Balaban J connectivity index is 1.65. The van der Waals surface area contributed by atoms with Gasteiger partial charge in [0, 0.05) is 30.9 Å². The number of nitrogens with zero attached hydrogens (tertiary/aromatic N) is 1. The summed E-state index contributed by atoms with van der Waals surface area (Å²) < 4.78 is 34.2. The highest BCUT2D eigenvalue weighted by molar-refractivity contribution is 7.91. The predicted molar refractivity (Wildman–Crippen MR) is 136 cm³/mol. The molecular weight excluding hydrogens is 488 g/mol. The molecule has 2 heterocycles. The van der Waals surface area contributed by atoms with E-state index in [1.165, 1.54) is 11.3 Å². The van der Waals surface area contributed by atoms with Gasteiger partial charge in [0.1, 0.15) is 9.81 Å². The molecule has 2 aromatic rings. The lowest BCUT2D eigenvalue weighted by molar-refractivity contribution is -0.137. The number of carboxylic acid groups (broad SMARTS) is 1. The number of hydrogen-bond acceptors (Lipinski definition) is 6. The second kappa shape index (κ2) is 11.4. The maximum Gasteiger partial charge on any atom is 0.410 e. The maximum absolute atomic E-state index is 13.0. The second-order valence-electron chi connectivity index (χ2n) is 9.42. The average Bonchev–Trinajstić information content (AvgIpc) is 3.30. The molecule has 1 aromatic heterocycles. The molecule has 0 radical (unpaired) electrons. The molecule has 1 aliphatic rings. The van der Waals surface area contributed by atoms with Crippen molar-refractivity contribution in [2.45, 2.75) is 55.8 Å².